The van der Waals surface area contributed by atoms with Crippen molar-refractivity contribution >= 4 is 15.9 Å². The molecule has 128 valence electrons. The molecule has 0 saturated carbocycles. The molecule has 8 heteroatoms. The van der Waals surface area contributed by atoms with Crippen LogP contribution in [0.5, 0.6) is 0 Å². The van der Waals surface area contributed by atoms with Gasteiger partial charge < -0.3 is 15.4 Å². The second-order valence-corrected chi connectivity index (χ2v) is 9.34. The van der Waals surface area contributed by atoms with Crippen LogP contribution in [0.4, 0.5) is 4.79 Å². The molecule has 7 nitrogen and oxygen atoms in total. The number of hydrogen-bond donors (Lipinski definition) is 1. The number of piperazine rings is 1. The van der Waals surface area contributed by atoms with E-state index in [9.17, 15) is 13.2 Å². The molecule has 0 bridgehead atoms. The Labute approximate surface area is 132 Å². The van der Waals surface area contributed by atoms with E-state index in [1.165, 1.54) is 0 Å². The molecule has 2 fully saturated rings. The summed E-state index contributed by atoms with van der Waals surface area (Å²) < 4.78 is 28.7. The topological polar surface area (TPSA) is 92.9 Å². The number of hydrogen-bond acceptors (Lipinski definition) is 6. The van der Waals surface area contributed by atoms with Gasteiger partial charge in [-0.25, -0.2) is 13.2 Å². The molecule has 2 aliphatic heterocycles. The van der Waals surface area contributed by atoms with Crippen LogP contribution in [0, 0.1) is 0 Å². The fourth-order valence-electron chi connectivity index (χ4n) is 3.09. The van der Waals surface area contributed by atoms with Gasteiger partial charge in [-0.05, 0) is 27.2 Å². The minimum Gasteiger partial charge on any atom is -0.444 e. The van der Waals surface area contributed by atoms with E-state index in [0.29, 0.717) is 32.6 Å². The molecule has 0 aromatic heterocycles. The molecule has 2 N–H and O–H groups in total. The molecule has 2 unspecified atom stereocenters. The van der Waals surface area contributed by atoms with E-state index in [1.807, 2.05) is 20.8 Å². The highest BCUT2D eigenvalue weighted by atomic mass is 32.2. The van der Waals surface area contributed by atoms with Gasteiger partial charge >= 0.3 is 6.09 Å². The van der Waals surface area contributed by atoms with E-state index < -0.39 is 15.4 Å². The van der Waals surface area contributed by atoms with Gasteiger partial charge in [-0.15, -0.1) is 0 Å². The molecule has 0 aliphatic carbocycles. The van der Waals surface area contributed by atoms with E-state index in [4.69, 9.17) is 10.5 Å². The van der Waals surface area contributed by atoms with Gasteiger partial charge in [0.2, 0.25) is 0 Å². The first-order valence-electron chi connectivity index (χ1n) is 7.75. The molecule has 2 rings (SSSR count). The summed E-state index contributed by atoms with van der Waals surface area (Å²) in [5, 5.41) is 0. The van der Waals surface area contributed by atoms with Crippen LogP contribution >= 0.6 is 0 Å². The third-order valence-electron chi connectivity index (χ3n) is 4.13. The van der Waals surface area contributed by atoms with Crippen molar-refractivity contribution in [3.05, 3.63) is 0 Å². The van der Waals surface area contributed by atoms with Crippen molar-refractivity contribution in [3.63, 3.8) is 0 Å². The predicted octanol–water partition coefficient (Wildman–Crippen LogP) is 0.0535. The van der Waals surface area contributed by atoms with Crippen LogP contribution in [0.1, 0.15) is 27.2 Å². The fourth-order valence-corrected chi connectivity index (χ4v) is 4.83. The van der Waals surface area contributed by atoms with Gasteiger partial charge in [-0.3, -0.25) is 4.90 Å². The minimum absolute atomic E-state index is 0.0143. The smallest absolute Gasteiger partial charge is 0.410 e. The Morgan fingerprint density at radius 1 is 1.32 bits per heavy atom. The molecular weight excluding hydrogens is 306 g/mol. The van der Waals surface area contributed by atoms with E-state index in [0.717, 1.165) is 0 Å². The summed E-state index contributed by atoms with van der Waals surface area (Å²) in [6.45, 7) is 7.59. The predicted molar refractivity (Wildman–Crippen MR) is 84.4 cm³/mol. The Hall–Kier alpha value is -0.860. The average Bonchev–Trinajstić information content (AvgIpc) is 2.76. The summed E-state index contributed by atoms with van der Waals surface area (Å²) in [4.78, 5) is 16.0. The SMILES string of the molecule is CC(C)(C)OC(=O)N1CCN(C2CCS(=O)(=O)C2)C(CN)C1. The van der Waals surface area contributed by atoms with E-state index in [-0.39, 0.29) is 29.7 Å². The van der Waals surface area contributed by atoms with Crippen molar-refractivity contribution in [1.82, 2.24) is 9.80 Å². The van der Waals surface area contributed by atoms with Gasteiger partial charge in [0.05, 0.1) is 11.5 Å². The van der Waals surface area contributed by atoms with Crippen LogP contribution < -0.4 is 5.73 Å². The number of ether oxygens (including phenoxy) is 1. The maximum Gasteiger partial charge on any atom is 0.410 e. The summed E-state index contributed by atoms with van der Waals surface area (Å²) in [5.41, 5.74) is 5.33. The molecule has 1 amide bonds. The molecular formula is C14H27N3O4S. The number of rotatable bonds is 2. The van der Waals surface area contributed by atoms with Crippen molar-refractivity contribution in [2.75, 3.05) is 37.7 Å². The van der Waals surface area contributed by atoms with Gasteiger partial charge in [-0.2, -0.15) is 0 Å². The van der Waals surface area contributed by atoms with Crippen LogP contribution in [0.3, 0.4) is 0 Å². The lowest BCUT2D eigenvalue weighted by Crippen LogP contribution is -2.60. The van der Waals surface area contributed by atoms with Crippen LogP contribution in [-0.2, 0) is 14.6 Å². The van der Waals surface area contributed by atoms with Gasteiger partial charge in [0.25, 0.3) is 0 Å². The van der Waals surface area contributed by atoms with E-state index in [2.05, 4.69) is 4.90 Å². The van der Waals surface area contributed by atoms with Gasteiger partial charge in [0, 0.05) is 38.3 Å². The van der Waals surface area contributed by atoms with Gasteiger partial charge in [0.15, 0.2) is 9.84 Å². The van der Waals surface area contributed by atoms with Crippen molar-refractivity contribution in [1.29, 1.82) is 0 Å². The normalized spacial score (nSPS) is 29.5. The number of amides is 1. The molecule has 2 saturated heterocycles. The summed E-state index contributed by atoms with van der Waals surface area (Å²) in [6, 6.07) is 0.0129. The number of nitrogens with zero attached hydrogens (tertiary/aromatic N) is 2. The lowest BCUT2D eigenvalue weighted by molar-refractivity contribution is -0.00127. The van der Waals surface area contributed by atoms with Crippen molar-refractivity contribution < 1.29 is 17.9 Å². The van der Waals surface area contributed by atoms with E-state index >= 15 is 0 Å². The minimum atomic E-state index is -2.92. The first-order valence-corrected chi connectivity index (χ1v) is 9.57. The molecule has 0 radical (unpaired) electrons. The number of carbonyl (C=O) groups is 1. The Bertz CT molecular complexity index is 515. The molecule has 2 heterocycles. The lowest BCUT2D eigenvalue weighted by Gasteiger charge is -2.43. The monoisotopic (exact) mass is 333 g/mol. The highest BCUT2D eigenvalue weighted by molar-refractivity contribution is 7.91. The maximum absolute atomic E-state index is 12.2. The molecule has 0 aromatic rings. The Balaban J connectivity index is 1.98. The van der Waals surface area contributed by atoms with Gasteiger partial charge in [-0.1, -0.05) is 0 Å². The molecule has 0 spiro atoms. The van der Waals surface area contributed by atoms with Crippen LogP contribution in [-0.4, -0.2) is 79.7 Å². The van der Waals surface area contributed by atoms with Crippen molar-refractivity contribution in [2.45, 2.75) is 44.9 Å². The van der Waals surface area contributed by atoms with Crippen LogP contribution in [0.25, 0.3) is 0 Å². The molecule has 22 heavy (non-hydrogen) atoms. The second kappa shape index (κ2) is 6.33. The van der Waals surface area contributed by atoms with Crippen molar-refractivity contribution in [2.24, 2.45) is 5.73 Å². The summed E-state index contributed by atoms with van der Waals surface area (Å²) in [5.74, 6) is 0.456. The molecule has 2 atom stereocenters. The zero-order valence-corrected chi connectivity index (χ0v) is 14.4. The quantitative estimate of drug-likeness (QED) is 0.768. The second-order valence-electron chi connectivity index (χ2n) is 7.11. The Kier molecular flexibility index (Phi) is 5.03. The maximum atomic E-state index is 12.2. The summed E-state index contributed by atoms with van der Waals surface area (Å²) in [7, 11) is -2.92. The zero-order chi connectivity index (χ0) is 16.5. The van der Waals surface area contributed by atoms with E-state index in [1.54, 1.807) is 4.90 Å². The number of nitrogens with two attached hydrogens (primary N) is 1. The fraction of sp³-hybridized carbons (Fsp3) is 0.929. The van der Waals surface area contributed by atoms with Crippen molar-refractivity contribution in [3.8, 4) is 0 Å². The lowest BCUT2D eigenvalue weighted by atomic mass is 10.1. The third-order valence-corrected chi connectivity index (χ3v) is 5.88. The third kappa shape index (κ3) is 4.33. The highest BCUT2D eigenvalue weighted by Gasteiger charge is 2.39. The molecule has 0 aromatic carbocycles. The van der Waals surface area contributed by atoms with Crippen LogP contribution in [0.15, 0.2) is 0 Å². The molecule has 2 aliphatic rings. The summed E-state index contributed by atoms with van der Waals surface area (Å²) in [6.07, 6.45) is 0.329. The Morgan fingerprint density at radius 3 is 2.50 bits per heavy atom. The highest BCUT2D eigenvalue weighted by Crippen LogP contribution is 2.23. The summed E-state index contributed by atoms with van der Waals surface area (Å²) >= 11 is 0. The standard InChI is InChI=1S/C14H27N3O4S/c1-14(2,3)21-13(18)16-5-6-17(12(8-15)9-16)11-4-7-22(19,20)10-11/h11-12H,4-10,15H2,1-3H3. The Morgan fingerprint density at radius 2 is 2.00 bits per heavy atom. The van der Waals surface area contributed by atoms with Gasteiger partial charge in [0.1, 0.15) is 5.60 Å². The number of carbonyl (C=O) groups excluding carboxylic acids is 1. The first kappa shape index (κ1) is 17.5. The zero-order valence-electron chi connectivity index (χ0n) is 13.6. The van der Waals surface area contributed by atoms with Crippen LogP contribution in [0.2, 0.25) is 0 Å². The largest absolute Gasteiger partial charge is 0.444 e. The average molecular weight is 333 g/mol. The first-order chi connectivity index (χ1) is 10.1. The number of sulfone groups is 1.